The summed E-state index contributed by atoms with van der Waals surface area (Å²) in [7, 11) is 1.77. The van der Waals surface area contributed by atoms with Crippen molar-refractivity contribution in [1.29, 1.82) is 5.26 Å². The van der Waals surface area contributed by atoms with E-state index in [4.69, 9.17) is 10.2 Å². The minimum Gasteiger partial charge on any atom is -0.384 e. The molecule has 3 aromatic heterocycles. The van der Waals surface area contributed by atoms with E-state index < -0.39 is 5.60 Å². The number of thiophene rings is 1. The van der Waals surface area contributed by atoms with Crippen LogP contribution in [0.15, 0.2) is 24.4 Å². The van der Waals surface area contributed by atoms with E-state index in [1.165, 1.54) is 28.7 Å². The van der Waals surface area contributed by atoms with Gasteiger partial charge in [0.25, 0.3) is 6.71 Å². The highest BCUT2D eigenvalue weighted by molar-refractivity contribution is 7.28. The molecule has 1 aliphatic heterocycles. The van der Waals surface area contributed by atoms with Gasteiger partial charge in [-0.3, -0.25) is 4.68 Å². The zero-order valence-electron chi connectivity index (χ0n) is 15.1. The Morgan fingerprint density at radius 3 is 2.79 bits per heavy atom. The molecule has 0 aliphatic carbocycles. The molecule has 0 saturated carbocycles. The number of fused-ring (bicyclic) bond motifs is 2. The van der Waals surface area contributed by atoms with Crippen LogP contribution < -0.4 is 0 Å². The third kappa shape index (κ3) is 2.84. The second-order valence-electron chi connectivity index (χ2n) is 7.43. The minimum absolute atomic E-state index is 0.0448. The Kier molecular flexibility index (Phi) is 4.05. The number of nitriles is 1. The van der Waals surface area contributed by atoms with Crippen LogP contribution in [0.2, 0.25) is 12.6 Å². The Labute approximate surface area is 169 Å². The van der Waals surface area contributed by atoms with Crippen LogP contribution in [0.4, 0.5) is 4.39 Å². The van der Waals surface area contributed by atoms with Gasteiger partial charge in [0.2, 0.25) is 0 Å². The van der Waals surface area contributed by atoms with Gasteiger partial charge in [-0.05, 0) is 31.0 Å². The van der Waals surface area contributed by atoms with Crippen LogP contribution in [0, 0.1) is 17.0 Å². The smallest absolute Gasteiger partial charge is 0.268 e. The number of hydrogen-bond donors (Lipinski definition) is 1. The highest BCUT2D eigenvalue weighted by atomic mass is 32.1. The zero-order valence-corrected chi connectivity index (χ0v) is 16.8. The molecule has 1 fully saturated rings. The molecule has 1 N–H and O–H groups in total. The maximum absolute atomic E-state index is 14.4. The van der Waals surface area contributed by atoms with Gasteiger partial charge in [0.05, 0.1) is 10.3 Å². The monoisotopic (exact) mass is 410 g/mol. The van der Waals surface area contributed by atoms with Gasteiger partial charge in [0.15, 0.2) is 5.82 Å². The first-order valence-corrected chi connectivity index (χ1v) is 10.7. The Balaban J connectivity index is 1.49. The summed E-state index contributed by atoms with van der Waals surface area (Å²) in [4.78, 5) is 6.47. The number of halogens is 1. The lowest BCUT2D eigenvalue weighted by Crippen LogP contribution is -2.33. The molecule has 5 rings (SSSR count). The minimum atomic E-state index is -0.862. The number of aliphatic hydroxyl groups is 1. The molecule has 0 spiro atoms. The van der Waals surface area contributed by atoms with Gasteiger partial charge in [-0.15, -0.1) is 22.7 Å². The van der Waals surface area contributed by atoms with Gasteiger partial charge in [-0.1, -0.05) is 12.6 Å². The standard InChI is InChI=1S/C19H16BFN4OS2/c1-25-9-12-6-11(7-13(21)16(12)24-25)17-23-18-14(27-17)8-15(28-18)19(26)2-4-20(10-22)5-3-19/h6-9,26H,2-5H2,1H3. The predicted molar refractivity (Wildman–Crippen MR) is 111 cm³/mol. The number of aromatic nitrogens is 3. The van der Waals surface area contributed by atoms with Crippen molar-refractivity contribution < 1.29 is 9.50 Å². The van der Waals surface area contributed by atoms with E-state index in [0.29, 0.717) is 18.4 Å². The lowest BCUT2D eigenvalue weighted by atomic mass is 9.41. The van der Waals surface area contributed by atoms with Gasteiger partial charge in [-0.2, -0.15) is 5.10 Å². The van der Waals surface area contributed by atoms with Crippen LogP contribution in [0.25, 0.3) is 31.0 Å². The average Bonchev–Trinajstić information content (AvgIpc) is 3.34. The number of hydrogen-bond acceptors (Lipinski definition) is 6. The topological polar surface area (TPSA) is 74.7 Å². The van der Waals surface area contributed by atoms with Crippen molar-refractivity contribution in [1.82, 2.24) is 14.8 Å². The molecular formula is C19H16BFN4OS2. The fourth-order valence-corrected chi connectivity index (χ4v) is 6.24. The van der Waals surface area contributed by atoms with Gasteiger partial charge < -0.3 is 5.11 Å². The first kappa shape index (κ1) is 17.8. The van der Waals surface area contributed by atoms with Crippen molar-refractivity contribution in [3.8, 4) is 16.5 Å². The van der Waals surface area contributed by atoms with Crippen LogP contribution >= 0.6 is 22.7 Å². The normalized spacial score (nSPS) is 16.7. The first-order valence-electron chi connectivity index (χ1n) is 9.11. The Bertz CT molecular complexity index is 1210. The summed E-state index contributed by atoms with van der Waals surface area (Å²) in [5.41, 5.74) is 0.238. The Morgan fingerprint density at radius 2 is 2.07 bits per heavy atom. The summed E-state index contributed by atoms with van der Waals surface area (Å²) < 4.78 is 17.0. The second kappa shape index (κ2) is 6.37. The van der Waals surface area contributed by atoms with Crippen LogP contribution in [0.3, 0.4) is 0 Å². The summed E-state index contributed by atoms with van der Waals surface area (Å²) in [6.07, 6.45) is 4.45. The molecule has 0 radical (unpaired) electrons. The van der Waals surface area contributed by atoms with Gasteiger partial charge in [0, 0.05) is 35.0 Å². The maximum Gasteiger partial charge on any atom is 0.268 e. The largest absolute Gasteiger partial charge is 0.384 e. The maximum atomic E-state index is 14.4. The summed E-state index contributed by atoms with van der Waals surface area (Å²) >= 11 is 3.00. The molecule has 4 aromatic rings. The van der Waals surface area contributed by atoms with Crippen molar-refractivity contribution in [2.24, 2.45) is 7.05 Å². The van der Waals surface area contributed by atoms with E-state index in [1.807, 2.05) is 12.1 Å². The van der Waals surface area contributed by atoms with Crippen LogP contribution in [0.1, 0.15) is 17.7 Å². The molecule has 4 heterocycles. The van der Waals surface area contributed by atoms with E-state index in [0.717, 1.165) is 43.0 Å². The predicted octanol–water partition coefficient (Wildman–Crippen LogP) is 4.59. The highest BCUT2D eigenvalue weighted by Crippen LogP contribution is 2.44. The van der Waals surface area contributed by atoms with Crippen molar-refractivity contribution in [2.45, 2.75) is 31.1 Å². The average molecular weight is 410 g/mol. The SMILES string of the molecule is Cn1cc2cc(-c3nc4sc(C5(O)CCB(C#N)CC5)cc4s3)cc(F)c2n1. The van der Waals surface area contributed by atoms with Crippen LogP contribution in [-0.2, 0) is 12.6 Å². The van der Waals surface area contributed by atoms with Gasteiger partial charge in [0.1, 0.15) is 15.4 Å². The quantitative estimate of drug-likeness (QED) is 0.491. The van der Waals surface area contributed by atoms with E-state index in [-0.39, 0.29) is 12.5 Å². The van der Waals surface area contributed by atoms with Gasteiger partial charge in [-0.25, -0.2) is 14.6 Å². The summed E-state index contributed by atoms with van der Waals surface area (Å²) in [6, 6.07) is 5.40. The first-order chi connectivity index (χ1) is 13.4. The van der Waals surface area contributed by atoms with Crippen molar-refractivity contribution in [2.75, 3.05) is 0 Å². The third-order valence-corrected chi connectivity index (χ3v) is 7.87. The molecule has 9 heteroatoms. The molecule has 0 unspecified atom stereocenters. The number of benzene rings is 1. The number of nitrogens with zero attached hydrogens (tertiary/aromatic N) is 4. The molecule has 28 heavy (non-hydrogen) atoms. The Hall–Kier alpha value is -2.28. The van der Waals surface area contributed by atoms with Crippen LogP contribution in [0.5, 0.6) is 0 Å². The lowest BCUT2D eigenvalue weighted by molar-refractivity contribution is 0.0277. The summed E-state index contributed by atoms with van der Waals surface area (Å²) in [6.45, 7) is 0.0448. The molecule has 0 bridgehead atoms. The molecule has 1 aromatic carbocycles. The third-order valence-electron chi connectivity index (χ3n) is 5.47. The fraction of sp³-hybridized carbons (Fsp3) is 0.316. The van der Waals surface area contributed by atoms with E-state index in [2.05, 4.69) is 11.1 Å². The van der Waals surface area contributed by atoms with Crippen molar-refractivity contribution in [3.63, 3.8) is 0 Å². The zero-order chi connectivity index (χ0) is 19.5. The second-order valence-corrected chi connectivity index (χ2v) is 9.49. The van der Waals surface area contributed by atoms with Gasteiger partial charge >= 0.3 is 0 Å². The van der Waals surface area contributed by atoms with Crippen LogP contribution in [-0.4, -0.2) is 26.6 Å². The summed E-state index contributed by atoms with van der Waals surface area (Å²) in [5, 5.41) is 25.8. The fourth-order valence-electron chi connectivity index (χ4n) is 3.89. The molecule has 1 saturated heterocycles. The molecule has 1 aliphatic rings. The number of aryl methyl sites for hydroxylation is 1. The van der Waals surface area contributed by atoms with E-state index in [1.54, 1.807) is 17.9 Å². The summed E-state index contributed by atoms with van der Waals surface area (Å²) in [5.74, 6) is 1.95. The van der Waals surface area contributed by atoms with Crippen molar-refractivity contribution in [3.05, 3.63) is 35.1 Å². The Morgan fingerprint density at radius 1 is 1.29 bits per heavy atom. The molecule has 5 nitrogen and oxygen atoms in total. The highest BCUT2D eigenvalue weighted by Gasteiger charge is 2.38. The van der Waals surface area contributed by atoms with E-state index in [9.17, 15) is 9.50 Å². The molecule has 140 valence electrons. The van der Waals surface area contributed by atoms with E-state index >= 15 is 0 Å². The van der Waals surface area contributed by atoms with Crippen molar-refractivity contribution >= 4 is 49.8 Å². The molecular weight excluding hydrogens is 394 g/mol. The lowest BCUT2D eigenvalue weighted by Gasteiger charge is -2.32. The molecule has 0 atom stereocenters. The number of thiazole rings is 1. The number of rotatable bonds is 2. The molecule has 0 amide bonds.